The Hall–Kier alpha value is -2.51. The van der Waals surface area contributed by atoms with Crippen LogP contribution in [0.5, 0.6) is 0 Å². The molecule has 0 saturated carbocycles. The van der Waals surface area contributed by atoms with Crippen LogP contribution in [-0.2, 0) is 9.53 Å². The Balaban J connectivity index is 1.40. The van der Waals surface area contributed by atoms with Gasteiger partial charge in [-0.15, -0.1) is 0 Å². The lowest BCUT2D eigenvalue weighted by Gasteiger charge is -2.34. The number of furan rings is 1. The van der Waals surface area contributed by atoms with Crippen molar-refractivity contribution in [3.8, 4) is 0 Å². The monoisotopic (exact) mass is 377 g/mol. The molecule has 0 aromatic carbocycles. The summed E-state index contributed by atoms with van der Waals surface area (Å²) in [6.45, 7) is 4.46. The van der Waals surface area contributed by atoms with Gasteiger partial charge in [-0.1, -0.05) is 0 Å². The van der Waals surface area contributed by atoms with Gasteiger partial charge in [-0.05, 0) is 44.7 Å². The first-order valence-electron chi connectivity index (χ1n) is 9.63. The summed E-state index contributed by atoms with van der Waals surface area (Å²) in [6, 6.07) is 3.44. The molecule has 2 saturated heterocycles. The van der Waals surface area contributed by atoms with E-state index in [0.29, 0.717) is 51.4 Å². The predicted octanol–water partition coefficient (Wildman–Crippen LogP) is 1.87. The number of rotatable bonds is 4. The van der Waals surface area contributed by atoms with Gasteiger partial charge in [-0.3, -0.25) is 9.59 Å². The third-order valence-corrected chi connectivity index (χ3v) is 5.25. The number of amides is 3. The molecule has 0 aliphatic carbocycles. The summed E-state index contributed by atoms with van der Waals surface area (Å²) in [6.07, 6.45) is 3.98. The topological polar surface area (TPSA) is 92.1 Å². The number of nitrogens with zero attached hydrogens (tertiary/aromatic N) is 2. The van der Waals surface area contributed by atoms with Gasteiger partial charge in [0.1, 0.15) is 0 Å². The second-order valence-electron chi connectivity index (χ2n) is 7.01. The van der Waals surface area contributed by atoms with Crippen LogP contribution in [0.4, 0.5) is 4.79 Å². The minimum atomic E-state index is -0.282. The highest BCUT2D eigenvalue weighted by molar-refractivity contribution is 5.91. The van der Waals surface area contributed by atoms with Crippen molar-refractivity contribution in [1.82, 2.24) is 15.1 Å². The van der Waals surface area contributed by atoms with Crippen LogP contribution in [0.15, 0.2) is 22.8 Å². The zero-order chi connectivity index (χ0) is 19.2. The van der Waals surface area contributed by atoms with Crippen molar-refractivity contribution < 1.29 is 23.5 Å². The van der Waals surface area contributed by atoms with Gasteiger partial charge in [-0.2, -0.15) is 0 Å². The number of ether oxygens (including phenoxy) is 1. The first kappa shape index (κ1) is 19.3. The van der Waals surface area contributed by atoms with Crippen molar-refractivity contribution in [3.05, 3.63) is 24.2 Å². The fourth-order valence-electron chi connectivity index (χ4n) is 3.64. The third-order valence-electron chi connectivity index (χ3n) is 5.25. The third kappa shape index (κ3) is 4.81. The molecule has 3 rings (SSSR count). The highest BCUT2D eigenvalue weighted by atomic mass is 16.6. The highest BCUT2D eigenvalue weighted by Crippen LogP contribution is 2.21. The molecular weight excluding hydrogens is 350 g/mol. The van der Waals surface area contributed by atoms with Crippen molar-refractivity contribution >= 4 is 17.9 Å². The van der Waals surface area contributed by atoms with Crippen molar-refractivity contribution in [2.24, 2.45) is 5.92 Å². The minimum absolute atomic E-state index is 0.0506. The highest BCUT2D eigenvalue weighted by Gasteiger charge is 2.31. The molecule has 2 aliphatic rings. The van der Waals surface area contributed by atoms with E-state index in [1.54, 1.807) is 28.9 Å². The van der Waals surface area contributed by atoms with Gasteiger partial charge in [0, 0.05) is 38.1 Å². The predicted molar refractivity (Wildman–Crippen MR) is 97.1 cm³/mol. The van der Waals surface area contributed by atoms with Crippen LogP contribution in [0.3, 0.4) is 0 Å². The second kappa shape index (κ2) is 8.92. The maximum absolute atomic E-state index is 12.6. The Bertz CT molecular complexity index is 644. The zero-order valence-electron chi connectivity index (χ0n) is 15.7. The average molecular weight is 377 g/mol. The number of carbonyl (C=O) groups is 3. The molecule has 0 bridgehead atoms. The SMILES string of the molecule is CCOC(=O)N1CCC(NC(=O)C2CCN(C(=O)c3ccco3)CC2)CC1. The smallest absolute Gasteiger partial charge is 0.409 e. The van der Waals surface area contributed by atoms with Gasteiger partial charge in [0.2, 0.25) is 5.91 Å². The van der Waals surface area contributed by atoms with Crippen LogP contribution in [-0.4, -0.2) is 66.5 Å². The second-order valence-corrected chi connectivity index (χ2v) is 7.01. The van der Waals surface area contributed by atoms with E-state index in [4.69, 9.17) is 9.15 Å². The molecule has 8 heteroatoms. The van der Waals surface area contributed by atoms with E-state index in [1.165, 1.54) is 6.26 Å². The summed E-state index contributed by atoms with van der Waals surface area (Å²) in [5, 5.41) is 3.11. The Morgan fingerprint density at radius 3 is 2.37 bits per heavy atom. The van der Waals surface area contributed by atoms with Crippen LogP contribution in [0.2, 0.25) is 0 Å². The van der Waals surface area contributed by atoms with Gasteiger partial charge >= 0.3 is 6.09 Å². The van der Waals surface area contributed by atoms with E-state index in [-0.39, 0.29) is 29.9 Å². The normalized spacial score (nSPS) is 19.0. The molecule has 1 aromatic rings. The molecule has 3 heterocycles. The fraction of sp³-hybridized carbons (Fsp3) is 0.632. The summed E-state index contributed by atoms with van der Waals surface area (Å²) in [7, 11) is 0. The summed E-state index contributed by atoms with van der Waals surface area (Å²) in [4.78, 5) is 40.0. The molecule has 0 unspecified atom stereocenters. The Morgan fingerprint density at radius 1 is 1.11 bits per heavy atom. The van der Waals surface area contributed by atoms with Crippen molar-refractivity contribution in [2.45, 2.75) is 38.6 Å². The van der Waals surface area contributed by atoms with Crippen molar-refractivity contribution in [1.29, 1.82) is 0 Å². The van der Waals surface area contributed by atoms with E-state index < -0.39 is 0 Å². The van der Waals surface area contributed by atoms with Gasteiger partial charge in [0.15, 0.2) is 5.76 Å². The van der Waals surface area contributed by atoms with Crippen LogP contribution >= 0.6 is 0 Å². The number of hydrogen-bond acceptors (Lipinski definition) is 5. The molecule has 27 heavy (non-hydrogen) atoms. The molecule has 0 radical (unpaired) electrons. The molecule has 2 aliphatic heterocycles. The van der Waals surface area contributed by atoms with Crippen LogP contribution in [0, 0.1) is 5.92 Å². The molecule has 0 spiro atoms. The van der Waals surface area contributed by atoms with E-state index in [0.717, 1.165) is 12.8 Å². The van der Waals surface area contributed by atoms with E-state index in [9.17, 15) is 14.4 Å². The van der Waals surface area contributed by atoms with Crippen molar-refractivity contribution in [3.63, 3.8) is 0 Å². The van der Waals surface area contributed by atoms with Crippen LogP contribution < -0.4 is 5.32 Å². The maximum atomic E-state index is 12.6. The summed E-state index contributed by atoms with van der Waals surface area (Å²) in [5.74, 6) is 0.194. The molecule has 3 amide bonds. The average Bonchev–Trinajstić information content (AvgIpc) is 3.23. The summed E-state index contributed by atoms with van der Waals surface area (Å²) in [5.41, 5.74) is 0. The van der Waals surface area contributed by atoms with Gasteiger partial charge in [0.25, 0.3) is 5.91 Å². The molecule has 148 valence electrons. The van der Waals surface area contributed by atoms with E-state index in [1.807, 2.05) is 0 Å². The van der Waals surface area contributed by atoms with Gasteiger partial charge < -0.3 is 24.3 Å². The van der Waals surface area contributed by atoms with Crippen LogP contribution in [0.25, 0.3) is 0 Å². The summed E-state index contributed by atoms with van der Waals surface area (Å²) < 4.78 is 10.2. The number of piperidine rings is 2. The first-order valence-corrected chi connectivity index (χ1v) is 9.63. The lowest BCUT2D eigenvalue weighted by atomic mass is 9.94. The lowest BCUT2D eigenvalue weighted by molar-refractivity contribution is -0.127. The Kier molecular flexibility index (Phi) is 6.36. The zero-order valence-corrected chi connectivity index (χ0v) is 15.7. The molecule has 1 aromatic heterocycles. The maximum Gasteiger partial charge on any atom is 0.409 e. The van der Waals surface area contributed by atoms with Gasteiger partial charge in [0.05, 0.1) is 12.9 Å². The number of likely N-dealkylation sites (tertiary alicyclic amines) is 2. The van der Waals surface area contributed by atoms with Gasteiger partial charge in [-0.25, -0.2) is 4.79 Å². The van der Waals surface area contributed by atoms with E-state index >= 15 is 0 Å². The molecule has 8 nitrogen and oxygen atoms in total. The number of carbonyl (C=O) groups excluding carboxylic acids is 3. The largest absolute Gasteiger partial charge is 0.459 e. The Labute approximate surface area is 158 Å². The molecule has 2 fully saturated rings. The molecule has 1 N–H and O–H groups in total. The standard InChI is InChI=1S/C19H27N3O5/c1-2-26-19(25)22-11-7-15(8-12-22)20-17(23)14-5-9-21(10-6-14)18(24)16-4-3-13-27-16/h3-4,13-15H,2,5-12H2,1H3,(H,20,23). The van der Waals surface area contributed by atoms with Crippen LogP contribution in [0.1, 0.15) is 43.2 Å². The fourth-order valence-corrected chi connectivity index (χ4v) is 3.64. The summed E-state index contributed by atoms with van der Waals surface area (Å²) >= 11 is 0. The minimum Gasteiger partial charge on any atom is -0.459 e. The molecular formula is C19H27N3O5. The molecule has 0 atom stereocenters. The number of hydrogen-bond donors (Lipinski definition) is 1. The first-order chi connectivity index (χ1) is 13.1. The Morgan fingerprint density at radius 2 is 1.78 bits per heavy atom. The lowest BCUT2D eigenvalue weighted by Crippen LogP contribution is -2.49. The quantitative estimate of drug-likeness (QED) is 0.865. The number of nitrogens with one attached hydrogen (secondary N) is 1. The van der Waals surface area contributed by atoms with E-state index in [2.05, 4.69) is 5.32 Å². The van der Waals surface area contributed by atoms with Crippen molar-refractivity contribution in [2.75, 3.05) is 32.8 Å².